The quantitative estimate of drug-likeness (QED) is 0.458. The number of hydrogen-bond donors (Lipinski definition) is 2. The number of allylic oxidation sites excluding steroid dienone is 2. The van der Waals surface area contributed by atoms with E-state index in [9.17, 15) is 14.0 Å². The molecule has 0 saturated heterocycles. The number of anilines is 1. The highest BCUT2D eigenvalue weighted by molar-refractivity contribution is 7.98. The summed E-state index contributed by atoms with van der Waals surface area (Å²) in [6.45, 7) is 0. The van der Waals surface area contributed by atoms with Crippen LogP contribution in [0.2, 0.25) is 0 Å². The van der Waals surface area contributed by atoms with Gasteiger partial charge in [-0.15, -0.1) is 0 Å². The van der Waals surface area contributed by atoms with E-state index < -0.39 is 5.92 Å². The number of halogens is 1. The molecule has 5 rings (SSSR count). The largest absolute Gasteiger partial charge is 0.343 e. The van der Waals surface area contributed by atoms with Gasteiger partial charge in [0, 0.05) is 29.4 Å². The van der Waals surface area contributed by atoms with Crippen LogP contribution in [0, 0.1) is 5.82 Å². The van der Waals surface area contributed by atoms with Crippen molar-refractivity contribution >= 4 is 23.4 Å². The van der Waals surface area contributed by atoms with Crippen molar-refractivity contribution < 1.29 is 9.18 Å². The van der Waals surface area contributed by atoms with Crippen LogP contribution in [-0.2, 0) is 10.5 Å². The van der Waals surface area contributed by atoms with Crippen LogP contribution in [0.1, 0.15) is 41.9 Å². The van der Waals surface area contributed by atoms with Gasteiger partial charge in [0.1, 0.15) is 11.6 Å². The second-order valence-corrected chi connectivity index (χ2v) is 8.62. The highest BCUT2D eigenvalue weighted by Crippen LogP contribution is 2.43. The van der Waals surface area contributed by atoms with Crippen molar-refractivity contribution in [3.8, 4) is 0 Å². The van der Waals surface area contributed by atoms with Gasteiger partial charge in [-0.3, -0.25) is 9.59 Å². The molecule has 0 bridgehead atoms. The minimum Gasteiger partial charge on any atom is -0.343 e. The van der Waals surface area contributed by atoms with Crippen LogP contribution in [0.4, 0.5) is 10.2 Å². The molecule has 2 aromatic carbocycles. The summed E-state index contributed by atoms with van der Waals surface area (Å²) in [5.74, 6) is 0.172. The van der Waals surface area contributed by atoms with Crippen molar-refractivity contribution in [2.75, 3.05) is 5.32 Å². The van der Waals surface area contributed by atoms with Crippen molar-refractivity contribution in [2.45, 2.75) is 36.1 Å². The van der Waals surface area contributed by atoms with Gasteiger partial charge in [0.2, 0.25) is 0 Å². The van der Waals surface area contributed by atoms with Crippen LogP contribution in [0.15, 0.2) is 75.8 Å². The number of thioether (sulfide) groups is 1. The van der Waals surface area contributed by atoms with Gasteiger partial charge in [-0.05, 0) is 30.0 Å². The normalized spacial score (nSPS) is 17.7. The first-order chi connectivity index (χ1) is 15.1. The van der Waals surface area contributed by atoms with Crippen LogP contribution in [-0.4, -0.2) is 15.8 Å². The zero-order valence-corrected chi connectivity index (χ0v) is 17.5. The van der Waals surface area contributed by atoms with E-state index >= 15 is 0 Å². The molecule has 2 aliphatic rings. The van der Waals surface area contributed by atoms with Gasteiger partial charge in [-0.2, -0.15) is 0 Å². The number of nitrogens with one attached hydrogen (secondary N) is 2. The fourth-order valence-corrected chi connectivity index (χ4v) is 5.10. The van der Waals surface area contributed by atoms with E-state index in [1.165, 1.54) is 17.8 Å². The van der Waals surface area contributed by atoms with Gasteiger partial charge in [-0.1, -0.05) is 60.3 Å². The monoisotopic (exact) mass is 433 g/mol. The molecule has 5 nitrogen and oxygen atoms in total. The average molecular weight is 434 g/mol. The Morgan fingerprint density at radius 2 is 1.81 bits per heavy atom. The smallest absolute Gasteiger partial charge is 0.257 e. The minimum absolute atomic E-state index is 0.0747. The molecule has 156 valence electrons. The lowest BCUT2D eigenvalue weighted by molar-refractivity contribution is -0.116. The van der Waals surface area contributed by atoms with Crippen molar-refractivity contribution in [1.29, 1.82) is 0 Å². The number of aromatic nitrogens is 2. The molecule has 0 saturated carbocycles. The van der Waals surface area contributed by atoms with Crippen LogP contribution < -0.4 is 10.9 Å². The second kappa shape index (κ2) is 8.15. The molecule has 31 heavy (non-hydrogen) atoms. The fourth-order valence-electron chi connectivity index (χ4n) is 4.25. The molecule has 1 aliphatic carbocycles. The third-order valence-electron chi connectivity index (χ3n) is 5.69. The number of rotatable bonds is 4. The van der Waals surface area contributed by atoms with Crippen LogP contribution in [0.25, 0.3) is 0 Å². The van der Waals surface area contributed by atoms with Crippen molar-refractivity contribution in [2.24, 2.45) is 0 Å². The van der Waals surface area contributed by atoms with E-state index in [-0.39, 0.29) is 17.2 Å². The third kappa shape index (κ3) is 3.70. The van der Waals surface area contributed by atoms with Gasteiger partial charge in [-0.25, -0.2) is 9.37 Å². The summed E-state index contributed by atoms with van der Waals surface area (Å²) < 4.78 is 14.0. The number of aromatic amines is 1. The van der Waals surface area contributed by atoms with E-state index in [0.29, 0.717) is 39.8 Å². The maximum Gasteiger partial charge on any atom is 0.257 e. The number of carbonyl (C=O) groups is 1. The van der Waals surface area contributed by atoms with Gasteiger partial charge in [0.15, 0.2) is 10.9 Å². The molecular weight excluding hydrogens is 413 g/mol. The number of Topliss-reactive ketones (excluding diaryl/α,β-unsaturated/α-hetero) is 1. The van der Waals surface area contributed by atoms with E-state index in [1.54, 1.807) is 18.2 Å². The predicted octanol–water partition coefficient (Wildman–Crippen LogP) is 4.77. The lowest BCUT2D eigenvalue weighted by atomic mass is 9.76. The van der Waals surface area contributed by atoms with Gasteiger partial charge >= 0.3 is 0 Å². The SMILES string of the molecule is O=C1CCCC2=C1[C@@H](c1ccccc1)c1c(nc(SCc3ccccc3F)[nH]c1=O)N2. The van der Waals surface area contributed by atoms with Crippen molar-refractivity contribution in [1.82, 2.24) is 9.97 Å². The highest BCUT2D eigenvalue weighted by Gasteiger charge is 2.37. The Bertz CT molecular complexity index is 1250. The molecule has 0 radical (unpaired) electrons. The summed E-state index contributed by atoms with van der Waals surface area (Å²) in [5, 5.41) is 3.67. The summed E-state index contributed by atoms with van der Waals surface area (Å²) in [6, 6.07) is 16.2. The number of benzene rings is 2. The standard InChI is InChI=1S/C24H20FN3O2S/c25-16-10-5-4-9-15(16)13-31-24-27-22-21(23(30)28-24)19(14-7-2-1-3-8-14)20-17(26-22)11-6-12-18(20)29/h1-5,7-10,19H,6,11-13H2,(H2,26,27,28,30)/t19-/m1/s1. The lowest BCUT2D eigenvalue weighted by Gasteiger charge is -2.32. The van der Waals surface area contributed by atoms with Crippen LogP contribution >= 0.6 is 11.8 Å². The maximum absolute atomic E-state index is 14.0. The van der Waals surface area contributed by atoms with E-state index in [1.807, 2.05) is 30.3 Å². The number of nitrogens with zero attached hydrogens (tertiary/aromatic N) is 1. The molecule has 0 spiro atoms. The summed E-state index contributed by atoms with van der Waals surface area (Å²) >= 11 is 1.27. The highest BCUT2D eigenvalue weighted by atomic mass is 32.2. The predicted molar refractivity (Wildman–Crippen MR) is 119 cm³/mol. The van der Waals surface area contributed by atoms with Crippen molar-refractivity contribution in [3.05, 3.63) is 98.7 Å². The Hall–Kier alpha value is -3.19. The summed E-state index contributed by atoms with van der Waals surface area (Å²) in [6.07, 6.45) is 2.01. The number of hydrogen-bond acceptors (Lipinski definition) is 5. The van der Waals surface area contributed by atoms with Crippen molar-refractivity contribution in [3.63, 3.8) is 0 Å². The molecule has 3 aromatic rings. The summed E-state index contributed by atoms with van der Waals surface area (Å²) in [5.41, 5.74) is 3.13. The Morgan fingerprint density at radius 1 is 1.03 bits per heavy atom. The Morgan fingerprint density at radius 3 is 2.61 bits per heavy atom. The topological polar surface area (TPSA) is 74.8 Å². The fraction of sp³-hybridized carbons (Fsp3) is 0.208. The third-order valence-corrected chi connectivity index (χ3v) is 6.61. The minimum atomic E-state index is -0.442. The molecule has 1 atom stereocenters. The Kier molecular flexibility index (Phi) is 5.19. The molecular formula is C24H20FN3O2S. The van der Waals surface area contributed by atoms with Gasteiger partial charge < -0.3 is 10.3 Å². The number of H-pyrrole nitrogens is 1. The second-order valence-electron chi connectivity index (χ2n) is 7.65. The molecule has 0 fully saturated rings. The molecule has 2 heterocycles. The average Bonchev–Trinajstić information content (AvgIpc) is 2.78. The van der Waals surface area contributed by atoms with Crippen LogP contribution in [0.5, 0.6) is 0 Å². The van der Waals surface area contributed by atoms with E-state index in [4.69, 9.17) is 0 Å². The number of ketones is 1. The lowest BCUT2D eigenvalue weighted by Crippen LogP contribution is -2.32. The summed E-state index contributed by atoms with van der Waals surface area (Å²) in [7, 11) is 0. The molecule has 0 unspecified atom stereocenters. The Labute approximate surface area is 182 Å². The molecule has 0 amide bonds. The molecule has 7 heteroatoms. The van der Waals surface area contributed by atoms with Crippen LogP contribution in [0.3, 0.4) is 0 Å². The first-order valence-corrected chi connectivity index (χ1v) is 11.2. The molecule has 1 aliphatic heterocycles. The number of fused-ring (bicyclic) bond motifs is 1. The molecule has 2 N–H and O–H groups in total. The first kappa shape index (κ1) is 19.8. The Balaban J connectivity index is 1.56. The summed E-state index contributed by atoms with van der Waals surface area (Å²) in [4.78, 5) is 33.5. The van der Waals surface area contributed by atoms with Gasteiger partial charge in [0.05, 0.1) is 5.56 Å². The molecule has 1 aromatic heterocycles. The number of carbonyl (C=O) groups excluding carboxylic acids is 1. The van der Waals surface area contributed by atoms with E-state index in [0.717, 1.165) is 24.1 Å². The zero-order chi connectivity index (χ0) is 21.4. The van der Waals surface area contributed by atoms with E-state index in [2.05, 4.69) is 15.3 Å². The maximum atomic E-state index is 14.0. The zero-order valence-electron chi connectivity index (χ0n) is 16.7. The first-order valence-electron chi connectivity index (χ1n) is 10.2. The van der Waals surface area contributed by atoms with Gasteiger partial charge in [0.25, 0.3) is 5.56 Å².